The van der Waals surface area contributed by atoms with Gasteiger partial charge in [0.2, 0.25) is 5.91 Å². The molecule has 2 heterocycles. The predicted molar refractivity (Wildman–Crippen MR) is 81.1 cm³/mol. The number of fused-ring (bicyclic) bond motifs is 1. The van der Waals surface area contributed by atoms with Gasteiger partial charge in [0.1, 0.15) is 11.6 Å². The van der Waals surface area contributed by atoms with Crippen molar-refractivity contribution in [2.45, 2.75) is 6.54 Å². The Kier molecular flexibility index (Phi) is 4.09. The number of benzene rings is 1. The number of carbonyl (C=O) groups excluding carboxylic acids is 1. The fraction of sp³-hybridized carbons (Fsp3) is 0.0625. The Morgan fingerprint density at radius 1 is 1.30 bits per heavy atom. The lowest BCUT2D eigenvalue weighted by Gasteiger charge is -2.04. The van der Waals surface area contributed by atoms with E-state index in [9.17, 15) is 13.6 Å². The number of halogens is 2. The second-order valence-corrected chi connectivity index (χ2v) is 4.80. The highest BCUT2D eigenvalue weighted by Crippen LogP contribution is 2.14. The van der Waals surface area contributed by atoms with Gasteiger partial charge in [-0.3, -0.25) is 9.89 Å². The molecule has 1 aromatic carbocycles. The van der Waals surface area contributed by atoms with Crippen LogP contribution in [0.25, 0.3) is 17.1 Å². The number of pyridine rings is 1. The van der Waals surface area contributed by atoms with Gasteiger partial charge in [0.15, 0.2) is 5.65 Å². The second-order valence-electron chi connectivity index (χ2n) is 4.80. The van der Waals surface area contributed by atoms with Crippen molar-refractivity contribution in [1.82, 2.24) is 20.5 Å². The molecule has 0 aliphatic rings. The monoisotopic (exact) mass is 314 g/mol. The number of hydrogen-bond acceptors (Lipinski definition) is 3. The van der Waals surface area contributed by atoms with Crippen molar-refractivity contribution in [1.29, 1.82) is 0 Å². The smallest absolute Gasteiger partial charge is 0.244 e. The first-order valence-electron chi connectivity index (χ1n) is 6.82. The summed E-state index contributed by atoms with van der Waals surface area (Å²) in [5.74, 6) is -1.55. The van der Waals surface area contributed by atoms with Gasteiger partial charge in [0.25, 0.3) is 0 Å². The summed E-state index contributed by atoms with van der Waals surface area (Å²) in [4.78, 5) is 15.8. The van der Waals surface area contributed by atoms with Crippen LogP contribution in [0.3, 0.4) is 0 Å². The zero-order chi connectivity index (χ0) is 16.2. The first-order valence-corrected chi connectivity index (χ1v) is 6.82. The zero-order valence-electron chi connectivity index (χ0n) is 11.9. The molecule has 3 aromatic rings. The molecule has 0 aliphatic heterocycles. The van der Waals surface area contributed by atoms with Crippen LogP contribution in [0.2, 0.25) is 0 Å². The maximum atomic E-state index is 13.4. The molecule has 0 radical (unpaired) electrons. The van der Waals surface area contributed by atoms with E-state index in [1.165, 1.54) is 6.08 Å². The molecule has 2 aromatic heterocycles. The van der Waals surface area contributed by atoms with Gasteiger partial charge in [0, 0.05) is 29.8 Å². The van der Waals surface area contributed by atoms with E-state index in [0.717, 1.165) is 23.6 Å². The number of nitrogens with one attached hydrogen (secondary N) is 2. The number of aromatic nitrogens is 3. The summed E-state index contributed by atoms with van der Waals surface area (Å²) in [7, 11) is 0. The Hall–Kier alpha value is -3.09. The molecule has 5 nitrogen and oxygen atoms in total. The summed E-state index contributed by atoms with van der Waals surface area (Å²) in [6.45, 7) is -0.0992. The Morgan fingerprint density at radius 3 is 3.04 bits per heavy atom. The molecule has 0 fully saturated rings. The third kappa shape index (κ3) is 3.39. The molecule has 0 saturated heterocycles. The first kappa shape index (κ1) is 14.8. The van der Waals surface area contributed by atoms with E-state index in [4.69, 9.17) is 0 Å². The Bertz CT molecular complexity index is 889. The van der Waals surface area contributed by atoms with Gasteiger partial charge >= 0.3 is 0 Å². The molecule has 1 amide bonds. The lowest BCUT2D eigenvalue weighted by molar-refractivity contribution is -0.116. The highest BCUT2D eigenvalue weighted by molar-refractivity contribution is 5.94. The first-order chi connectivity index (χ1) is 11.1. The van der Waals surface area contributed by atoms with Crippen molar-refractivity contribution in [3.8, 4) is 0 Å². The molecule has 23 heavy (non-hydrogen) atoms. The quantitative estimate of drug-likeness (QED) is 0.727. The van der Waals surface area contributed by atoms with Crippen LogP contribution in [0.5, 0.6) is 0 Å². The fourth-order valence-electron chi connectivity index (χ4n) is 2.08. The molecule has 2 N–H and O–H groups in total. The van der Waals surface area contributed by atoms with Crippen LogP contribution >= 0.6 is 0 Å². The fourth-order valence-corrected chi connectivity index (χ4v) is 2.08. The average molecular weight is 314 g/mol. The van der Waals surface area contributed by atoms with Crippen molar-refractivity contribution in [3.63, 3.8) is 0 Å². The summed E-state index contributed by atoms with van der Waals surface area (Å²) >= 11 is 0. The van der Waals surface area contributed by atoms with E-state index < -0.39 is 17.5 Å². The van der Waals surface area contributed by atoms with E-state index in [1.54, 1.807) is 18.3 Å². The Morgan fingerprint density at radius 2 is 2.17 bits per heavy atom. The van der Waals surface area contributed by atoms with Crippen molar-refractivity contribution >= 4 is 23.0 Å². The van der Waals surface area contributed by atoms with Crippen LogP contribution in [-0.2, 0) is 11.3 Å². The molecule has 0 unspecified atom stereocenters. The molecule has 7 heteroatoms. The van der Waals surface area contributed by atoms with Gasteiger partial charge in [-0.2, -0.15) is 5.10 Å². The number of hydrogen-bond donors (Lipinski definition) is 2. The predicted octanol–water partition coefficient (Wildman–Crippen LogP) is 2.57. The number of carbonyl (C=O) groups is 1. The summed E-state index contributed by atoms with van der Waals surface area (Å²) in [5.41, 5.74) is 1.28. The molecule has 0 aliphatic carbocycles. The molecular formula is C16H12F2N4O. The highest BCUT2D eigenvalue weighted by Gasteiger charge is 2.06. The van der Waals surface area contributed by atoms with Gasteiger partial charge < -0.3 is 5.32 Å². The third-order valence-electron chi connectivity index (χ3n) is 3.22. The van der Waals surface area contributed by atoms with E-state index >= 15 is 0 Å². The summed E-state index contributed by atoms with van der Waals surface area (Å²) in [6, 6.07) is 6.69. The minimum atomic E-state index is -0.568. The van der Waals surface area contributed by atoms with Crippen molar-refractivity contribution in [2.24, 2.45) is 0 Å². The molecule has 0 spiro atoms. The van der Waals surface area contributed by atoms with E-state index in [-0.39, 0.29) is 12.1 Å². The lowest BCUT2D eigenvalue weighted by Crippen LogP contribution is -2.21. The normalized spacial score (nSPS) is 11.2. The van der Waals surface area contributed by atoms with Crippen LogP contribution < -0.4 is 5.32 Å². The molecule has 116 valence electrons. The lowest BCUT2D eigenvalue weighted by atomic mass is 10.2. The van der Waals surface area contributed by atoms with Crippen molar-refractivity contribution in [3.05, 3.63) is 65.5 Å². The van der Waals surface area contributed by atoms with Gasteiger partial charge in [-0.05, 0) is 36.4 Å². The van der Waals surface area contributed by atoms with E-state index in [0.29, 0.717) is 11.3 Å². The van der Waals surface area contributed by atoms with E-state index in [1.807, 2.05) is 6.07 Å². The zero-order valence-corrected chi connectivity index (χ0v) is 11.9. The second kappa shape index (κ2) is 6.35. The van der Waals surface area contributed by atoms with Crippen LogP contribution in [-0.4, -0.2) is 21.1 Å². The number of H-pyrrole nitrogens is 1. The number of amides is 1. The van der Waals surface area contributed by atoms with Gasteiger partial charge in [-0.1, -0.05) is 0 Å². The van der Waals surface area contributed by atoms with Crippen molar-refractivity contribution in [2.75, 3.05) is 0 Å². The molecule has 3 rings (SSSR count). The number of aromatic amines is 1. The molecule has 0 bridgehead atoms. The van der Waals surface area contributed by atoms with Crippen LogP contribution in [0, 0.1) is 11.6 Å². The Balaban J connectivity index is 1.66. The maximum Gasteiger partial charge on any atom is 0.244 e. The van der Waals surface area contributed by atoms with Crippen LogP contribution in [0.4, 0.5) is 8.78 Å². The van der Waals surface area contributed by atoms with Crippen LogP contribution in [0.1, 0.15) is 11.3 Å². The third-order valence-corrected chi connectivity index (χ3v) is 3.22. The van der Waals surface area contributed by atoms with Gasteiger partial charge in [-0.15, -0.1) is 0 Å². The topological polar surface area (TPSA) is 70.7 Å². The number of nitrogens with zero attached hydrogens (tertiary/aromatic N) is 2. The van der Waals surface area contributed by atoms with Gasteiger partial charge in [-0.25, -0.2) is 13.8 Å². The SMILES string of the molecule is O=C(C=Cc1[nH]nc2ncccc12)NCc1cc(F)ccc1F. The minimum absolute atomic E-state index is 0.0861. The highest BCUT2D eigenvalue weighted by atomic mass is 19.1. The minimum Gasteiger partial charge on any atom is -0.348 e. The molecular weight excluding hydrogens is 302 g/mol. The standard InChI is InChI=1S/C16H12F2N4O/c17-11-3-4-13(18)10(8-11)9-20-15(23)6-5-14-12-2-1-7-19-16(12)22-21-14/h1-8H,9H2,(H,20,23)(H,19,21,22). The van der Waals surface area contributed by atoms with Gasteiger partial charge in [0.05, 0.1) is 5.69 Å². The Labute approximate surface area is 130 Å². The largest absolute Gasteiger partial charge is 0.348 e. The average Bonchev–Trinajstić information content (AvgIpc) is 2.97. The summed E-state index contributed by atoms with van der Waals surface area (Å²) in [5, 5.41) is 10.1. The summed E-state index contributed by atoms with van der Waals surface area (Å²) in [6.07, 6.45) is 4.46. The molecule has 0 atom stereocenters. The number of rotatable bonds is 4. The van der Waals surface area contributed by atoms with Crippen molar-refractivity contribution < 1.29 is 13.6 Å². The van der Waals surface area contributed by atoms with E-state index in [2.05, 4.69) is 20.5 Å². The summed E-state index contributed by atoms with van der Waals surface area (Å²) < 4.78 is 26.5. The molecule has 0 saturated carbocycles. The maximum absolute atomic E-state index is 13.4. The van der Waals surface area contributed by atoms with Crippen LogP contribution in [0.15, 0.2) is 42.6 Å².